The van der Waals surface area contributed by atoms with Crippen LogP contribution in [0.5, 0.6) is 0 Å². The second-order valence-corrected chi connectivity index (χ2v) is 7.82. The zero-order valence-electron chi connectivity index (χ0n) is 13.1. The summed E-state index contributed by atoms with van der Waals surface area (Å²) in [5, 5.41) is 5.28. The van der Waals surface area contributed by atoms with Gasteiger partial charge in [0.2, 0.25) is 0 Å². The summed E-state index contributed by atoms with van der Waals surface area (Å²) in [6.45, 7) is 9.22. The van der Waals surface area contributed by atoms with Gasteiger partial charge >= 0.3 is 0 Å². The number of nitrogens with zero attached hydrogens (tertiary/aromatic N) is 1. The van der Waals surface area contributed by atoms with E-state index in [0.717, 1.165) is 29.7 Å². The Morgan fingerprint density at radius 2 is 2.33 bits per heavy atom. The van der Waals surface area contributed by atoms with Gasteiger partial charge in [0.05, 0.1) is 0 Å². The summed E-state index contributed by atoms with van der Waals surface area (Å²) in [5.41, 5.74) is 1.32. The van der Waals surface area contributed by atoms with Gasteiger partial charge in [0, 0.05) is 41.7 Å². The molecule has 1 heterocycles. The molecular formula is C17H27ClN2S. The largest absolute Gasteiger partial charge is 0.310 e. The molecule has 2 nitrogen and oxygen atoms in total. The molecule has 1 fully saturated rings. The van der Waals surface area contributed by atoms with Crippen molar-refractivity contribution in [3.63, 3.8) is 0 Å². The molecule has 0 radical (unpaired) electrons. The number of rotatable bonds is 7. The summed E-state index contributed by atoms with van der Waals surface area (Å²) in [4.78, 5) is 2.60. The van der Waals surface area contributed by atoms with Crippen LogP contribution >= 0.6 is 23.4 Å². The first-order chi connectivity index (χ1) is 10.2. The van der Waals surface area contributed by atoms with Crippen molar-refractivity contribution in [1.29, 1.82) is 0 Å². The van der Waals surface area contributed by atoms with Gasteiger partial charge in [-0.2, -0.15) is 11.8 Å². The lowest BCUT2D eigenvalue weighted by molar-refractivity contribution is 0.267. The molecule has 1 aliphatic rings. The van der Waals surface area contributed by atoms with Crippen molar-refractivity contribution < 1.29 is 0 Å². The monoisotopic (exact) mass is 326 g/mol. The molecule has 0 spiro atoms. The van der Waals surface area contributed by atoms with Gasteiger partial charge in [0.15, 0.2) is 0 Å². The standard InChI is InChI=1S/C17H27ClN2S/c1-3-8-19-17(15-5-4-6-16(18)12-15)7-9-20-10-11-21-14(2)13-20/h4-6,12,14,17,19H,3,7-11,13H2,1-2H3. The van der Waals surface area contributed by atoms with Gasteiger partial charge in [0.25, 0.3) is 0 Å². The highest BCUT2D eigenvalue weighted by Crippen LogP contribution is 2.23. The number of nitrogens with one attached hydrogen (secondary N) is 1. The zero-order valence-corrected chi connectivity index (χ0v) is 14.7. The summed E-state index contributed by atoms with van der Waals surface area (Å²) >= 11 is 8.24. The fourth-order valence-corrected chi connectivity index (χ4v) is 4.11. The molecule has 4 heteroatoms. The summed E-state index contributed by atoms with van der Waals surface area (Å²) in [5.74, 6) is 1.27. The van der Waals surface area contributed by atoms with Crippen LogP contribution in [0.3, 0.4) is 0 Å². The average molecular weight is 327 g/mol. The van der Waals surface area contributed by atoms with E-state index in [1.807, 2.05) is 6.07 Å². The molecule has 0 aromatic heterocycles. The van der Waals surface area contributed by atoms with E-state index in [2.05, 4.69) is 54.0 Å². The molecule has 1 N–H and O–H groups in total. The molecule has 0 bridgehead atoms. The van der Waals surface area contributed by atoms with Crippen molar-refractivity contribution in [2.24, 2.45) is 0 Å². The van der Waals surface area contributed by atoms with Crippen molar-refractivity contribution in [3.8, 4) is 0 Å². The van der Waals surface area contributed by atoms with Gasteiger partial charge in [-0.05, 0) is 37.1 Å². The van der Waals surface area contributed by atoms with E-state index < -0.39 is 0 Å². The Kier molecular flexibility index (Phi) is 7.38. The lowest BCUT2D eigenvalue weighted by atomic mass is 10.0. The summed E-state index contributed by atoms with van der Waals surface area (Å²) < 4.78 is 0. The van der Waals surface area contributed by atoms with E-state index in [4.69, 9.17) is 11.6 Å². The number of hydrogen-bond donors (Lipinski definition) is 1. The van der Waals surface area contributed by atoms with Gasteiger partial charge < -0.3 is 10.2 Å². The maximum Gasteiger partial charge on any atom is 0.0409 e. The minimum absolute atomic E-state index is 0.411. The molecule has 21 heavy (non-hydrogen) atoms. The fraction of sp³-hybridized carbons (Fsp3) is 0.647. The van der Waals surface area contributed by atoms with Gasteiger partial charge in [-0.25, -0.2) is 0 Å². The predicted octanol–water partition coefficient (Wildman–Crippen LogP) is 4.21. The average Bonchev–Trinajstić information content (AvgIpc) is 2.47. The van der Waals surface area contributed by atoms with Crippen LogP contribution in [0, 0.1) is 0 Å². The van der Waals surface area contributed by atoms with E-state index in [0.29, 0.717) is 6.04 Å². The topological polar surface area (TPSA) is 15.3 Å². The van der Waals surface area contributed by atoms with E-state index in [9.17, 15) is 0 Å². The van der Waals surface area contributed by atoms with Gasteiger partial charge in [-0.3, -0.25) is 0 Å². The van der Waals surface area contributed by atoms with Crippen molar-refractivity contribution in [1.82, 2.24) is 10.2 Å². The predicted molar refractivity (Wildman–Crippen MR) is 95.5 cm³/mol. The van der Waals surface area contributed by atoms with Crippen LogP contribution in [0.2, 0.25) is 5.02 Å². The minimum atomic E-state index is 0.411. The molecule has 1 saturated heterocycles. The summed E-state index contributed by atoms with van der Waals surface area (Å²) in [6, 6.07) is 8.70. The first-order valence-electron chi connectivity index (χ1n) is 8.02. The highest BCUT2D eigenvalue weighted by atomic mass is 35.5. The zero-order chi connectivity index (χ0) is 15.1. The van der Waals surface area contributed by atoms with E-state index in [-0.39, 0.29) is 0 Å². The third-order valence-electron chi connectivity index (χ3n) is 3.95. The summed E-state index contributed by atoms with van der Waals surface area (Å²) in [7, 11) is 0. The maximum absolute atomic E-state index is 6.15. The Balaban J connectivity index is 1.92. The van der Waals surface area contributed by atoms with Gasteiger partial charge in [-0.1, -0.05) is 37.6 Å². The normalized spacial score (nSPS) is 21.4. The molecule has 118 valence electrons. The number of thioether (sulfide) groups is 1. The minimum Gasteiger partial charge on any atom is -0.310 e. The van der Waals surface area contributed by atoms with Crippen molar-refractivity contribution >= 4 is 23.4 Å². The third-order valence-corrected chi connectivity index (χ3v) is 5.32. The lowest BCUT2D eigenvalue weighted by Gasteiger charge is -2.32. The Morgan fingerprint density at radius 1 is 1.48 bits per heavy atom. The second-order valence-electron chi connectivity index (χ2n) is 5.83. The Bertz CT molecular complexity index is 427. The van der Waals surface area contributed by atoms with Gasteiger partial charge in [0.1, 0.15) is 0 Å². The Hall–Kier alpha value is -0.220. The van der Waals surface area contributed by atoms with Crippen molar-refractivity contribution in [3.05, 3.63) is 34.9 Å². The molecular weight excluding hydrogens is 300 g/mol. The van der Waals surface area contributed by atoms with Crippen LogP contribution in [-0.4, -0.2) is 42.1 Å². The highest BCUT2D eigenvalue weighted by Gasteiger charge is 2.18. The number of hydrogen-bond acceptors (Lipinski definition) is 3. The quantitative estimate of drug-likeness (QED) is 0.808. The van der Waals surface area contributed by atoms with E-state index >= 15 is 0 Å². The van der Waals surface area contributed by atoms with Crippen molar-refractivity contribution in [2.75, 3.05) is 31.9 Å². The Labute approximate surface area is 138 Å². The molecule has 0 aliphatic carbocycles. The second kappa shape index (κ2) is 9.04. The molecule has 1 aromatic rings. The number of halogens is 1. The van der Waals surface area contributed by atoms with E-state index in [1.165, 1.54) is 31.0 Å². The van der Waals surface area contributed by atoms with E-state index in [1.54, 1.807) is 0 Å². The van der Waals surface area contributed by atoms with Crippen LogP contribution in [0.25, 0.3) is 0 Å². The highest BCUT2D eigenvalue weighted by molar-refractivity contribution is 7.99. The van der Waals surface area contributed by atoms with Gasteiger partial charge in [-0.15, -0.1) is 0 Å². The van der Waals surface area contributed by atoms with Crippen LogP contribution in [0.15, 0.2) is 24.3 Å². The van der Waals surface area contributed by atoms with Crippen molar-refractivity contribution in [2.45, 2.75) is 38.0 Å². The molecule has 0 amide bonds. The summed E-state index contributed by atoms with van der Waals surface area (Å²) in [6.07, 6.45) is 2.31. The van der Waals surface area contributed by atoms with Crippen LogP contribution in [0.4, 0.5) is 0 Å². The Morgan fingerprint density at radius 3 is 3.05 bits per heavy atom. The molecule has 2 rings (SSSR count). The maximum atomic E-state index is 6.15. The first kappa shape index (κ1) is 17.1. The molecule has 2 atom stereocenters. The molecule has 1 aromatic carbocycles. The molecule has 0 saturated carbocycles. The first-order valence-corrected chi connectivity index (χ1v) is 9.44. The fourth-order valence-electron chi connectivity index (χ4n) is 2.83. The third kappa shape index (κ3) is 5.82. The lowest BCUT2D eigenvalue weighted by Crippen LogP contribution is -2.38. The SMILES string of the molecule is CCCNC(CCN1CCSC(C)C1)c1cccc(Cl)c1. The van der Waals surface area contributed by atoms with Crippen LogP contribution < -0.4 is 5.32 Å². The molecule has 1 aliphatic heterocycles. The van der Waals surface area contributed by atoms with Crippen LogP contribution in [-0.2, 0) is 0 Å². The smallest absolute Gasteiger partial charge is 0.0409 e. The molecule has 2 unspecified atom stereocenters. The van der Waals surface area contributed by atoms with Crippen LogP contribution in [0.1, 0.15) is 38.3 Å². The number of benzene rings is 1.